The summed E-state index contributed by atoms with van der Waals surface area (Å²) in [6, 6.07) is 3.11. The maximum absolute atomic E-state index is 11.7. The van der Waals surface area contributed by atoms with E-state index in [1.54, 1.807) is 19.1 Å². The van der Waals surface area contributed by atoms with Crippen molar-refractivity contribution in [2.24, 2.45) is 0 Å². The lowest BCUT2D eigenvalue weighted by Crippen LogP contribution is -2.39. The first-order chi connectivity index (χ1) is 9.35. The van der Waals surface area contributed by atoms with Crippen molar-refractivity contribution < 1.29 is 19.4 Å². The number of esters is 1. The van der Waals surface area contributed by atoms with Crippen LogP contribution in [0.1, 0.15) is 32.3 Å². The lowest BCUT2D eigenvalue weighted by atomic mass is 9.83. The van der Waals surface area contributed by atoms with E-state index < -0.39 is 11.6 Å². The van der Waals surface area contributed by atoms with Crippen LogP contribution in [0.5, 0.6) is 5.75 Å². The molecule has 1 aliphatic heterocycles. The van der Waals surface area contributed by atoms with Crippen molar-refractivity contribution in [1.29, 1.82) is 0 Å². The Kier molecular flexibility index (Phi) is 4.47. The van der Waals surface area contributed by atoms with E-state index in [0.29, 0.717) is 21.4 Å². The van der Waals surface area contributed by atoms with Crippen molar-refractivity contribution >= 4 is 29.2 Å². The number of carbonyl (C=O) groups is 1. The predicted molar refractivity (Wildman–Crippen MR) is 76.3 cm³/mol. The lowest BCUT2D eigenvalue weighted by molar-refractivity contribution is -0.151. The maximum Gasteiger partial charge on any atom is 0.309 e. The minimum absolute atomic E-state index is 0.139. The standard InChI is InChI=1S/C14H16Cl2O4/c1-3-19-13(17)7-14(18)6-8(2)20-12-5-11(16)10(15)4-9(12)14/h4-5,8,18H,3,6-7H2,1-2H3/t8-,14-/m1/s1. The molecule has 2 rings (SSSR count). The van der Waals surface area contributed by atoms with Gasteiger partial charge in [0.1, 0.15) is 11.4 Å². The molecule has 0 saturated carbocycles. The Morgan fingerprint density at radius 2 is 2.15 bits per heavy atom. The summed E-state index contributed by atoms with van der Waals surface area (Å²) >= 11 is 11.9. The van der Waals surface area contributed by atoms with Gasteiger partial charge in [0, 0.05) is 18.1 Å². The smallest absolute Gasteiger partial charge is 0.309 e. The van der Waals surface area contributed by atoms with E-state index in [1.165, 1.54) is 0 Å². The van der Waals surface area contributed by atoms with E-state index >= 15 is 0 Å². The Bertz CT molecular complexity index is 532. The van der Waals surface area contributed by atoms with Gasteiger partial charge in [0.15, 0.2) is 0 Å². The minimum Gasteiger partial charge on any atom is -0.490 e. The predicted octanol–water partition coefficient (Wildman–Crippen LogP) is 3.31. The summed E-state index contributed by atoms with van der Waals surface area (Å²) < 4.78 is 10.6. The highest BCUT2D eigenvalue weighted by atomic mass is 35.5. The Hall–Kier alpha value is -0.970. The van der Waals surface area contributed by atoms with Crippen molar-refractivity contribution in [1.82, 2.24) is 0 Å². The number of halogens is 2. The van der Waals surface area contributed by atoms with Crippen LogP contribution in [0.25, 0.3) is 0 Å². The average Bonchev–Trinajstić information content (AvgIpc) is 2.31. The third kappa shape index (κ3) is 3.03. The van der Waals surface area contributed by atoms with Crippen LogP contribution in [0, 0.1) is 0 Å². The van der Waals surface area contributed by atoms with Gasteiger partial charge in [-0.05, 0) is 19.9 Å². The first-order valence-electron chi connectivity index (χ1n) is 6.40. The van der Waals surface area contributed by atoms with Gasteiger partial charge in [0.05, 0.1) is 29.2 Å². The molecule has 0 amide bonds. The molecule has 2 atom stereocenters. The van der Waals surface area contributed by atoms with Gasteiger partial charge in [-0.2, -0.15) is 0 Å². The Morgan fingerprint density at radius 3 is 2.80 bits per heavy atom. The largest absolute Gasteiger partial charge is 0.490 e. The van der Waals surface area contributed by atoms with Gasteiger partial charge >= 0.3 is 5.97 Å². The molecule has 110 valence electrons. The zero-order valence-electron chi connectivity index (χ0n) is 11.3. The second kappa shape index (κ2) is 5.80. The SMILES string of the molecule is CCOC(=O)C[C@]1(O)C[C@@H](C)Oc2cc(Cl)c(Cl)cc21. The van der Waals surface area contributed by atoms with Crippen molar-refractivity contribution in [2.75, 3.05) is 6.61 Å². The summed E-state index contributed by atoms with van der Waals surface area (Å²) in [4.78, 5) is 11.7. The molecule has 0 fully saturated rings. The molecule has 0 aliphatic carbocycles. The van der Waals surface area contributed by atoms with Gasteiger partial charge in [0.25, 0.3) is 0 Å². The second-order valence-electron chi connectivity index (χ2n) is 4.91. The molecule has 4 nitrogen and oxygen atoms in total. The molecular formula is C14H16Cl2O4. The highest BCUT2D eigenvalue weighted by molar-refractivity contribution is 6.42. The molecule has 0 saturated heterocycles. The number of fused-ring (bicyclic) bond motifs is 1. The Morgan fingerprint density at radius 1 is 1.50 bits per heavy atom. The number of ether oxygens (including phenoxy) is 2. The highest BCUT2D eigenvalue weighted by Gasteiger charge is 2.41. The van der Waals surface area contributed by atoms with Crippen LogP contribution in [0.3, 0.4) is 0 Å². The van der Waals surface area contributed by atoms with Gasteiger partial charge in [-0.3, -0.25) is 4.79 Å². The zero-order chi connectivity index (χ0) is 14.9. The van der Waals surface area contributed by atoms with Crippen LogP contribution >= 0.6 is 23.2 Å². The van der Waals surface area contributed by atoms with Crippen molar-refractivity contribution in [3.63, 3.8) is 0 Å². The minimum atomic E-state index is -1.35. The Balaban J connectivity index is 2.40. The highest BCUT2D eigenvalue weighted by Crippen LogP contribution is 2.44. The number of benzene rings is 1. The van der Waals surface area contributed by atoms with Gasteiger partial charge in [-0.15, -0.1) is 0 Å². The van der Waals surface area contributed by atoms with Crippen LogP contribution in [0.2, 0.25) is 10.0 Å². The molecule has 1 N–H and O–H groups in total. The topological polar surface area (TPSA) is 55.8 Å². The first kappa shape index (κ1) is 15.4. The van der Waals surface area contributed by atoms with Crippen molar-refractivity contribution in [2.45, 2.75) is 38.4 Å². The third-order valence-electron chi connectivity index (χ3n) is 3.22. The molecule has 1 heterocycles. The monoisotopic (exact) mass is 318 g/mol. The fourth-order valence-electron chi connectivity index (χ4n) is 2.45. The first-order valence-corrected chi connectivity index (χ1v) is 7.15. The summed E-state index contributed by atoms with van der Waals surface area (Å²) in [5, 5.41) is 11.5. The molecule has 0 unspecified atom stereocenters. The normalized spacial score (nSPS) is 24.8. The van der Waals surface area contributed by atoms with Crippen LogP contribution < -0.4 is 4.74 Å². The molecule has 0 bridgehead atoms. The van der Waals surface area contributed by atoms with Gasteiger partial charge in [0.2, 0.25) is 0 Å². The Labute approximate surface area is 127 Å². The quantitative estimate of drug-likeness (QED) is 0.869. The van der Waals surface area contributed by atoms with Crippen LogP contribution in [0.4, 0.5) is 0 Å². The summed E-state index contributed by atoms with van der Waals surface area (Å²) in [6.45, 7) is 3.82. The molecule has 0 radical (unpaired) electrons. The number of rotatable bonds is 3. The molecule has 20 heavy (non-hydrogen) atoms. The summed E-state index contributed by atoms with van der Waals surface area (Å²) in [6.07, 6.45) is -0.0878. The van der Waals surface area contributed by atoms with Gasteiger partial charge in [-0.1, -0.05) is 23.2 Å². The van der Waals surface area contributed by atoms with Gasteiger partial charge < -0.3 is 14.6 Å². The van der Waals surface area contributed by atoms with Crippen LogP contribution in [-0.4, -0.2) is 23.8 Å². The molecule has 1 aliphatic rings. The third-order valence-corrected chi connectivity index (χ3v) is 3.94. The van der Waals surface area contributed by atoms with E-state index in [1.807, 2.05) is 6.92 Å². The molecule has 1 aromatic carbocycles. The van der Waals surface area contributed by atoms with E-state index in [2.05, 4.69) is 0 Å². The number of carbonyl (C=O) groups excluding carboxylic acids is 1. The number of hydrogen-bond acceptors (Lipinski definition) is 4. The maximum atomic E-state index is 11.7. The fourth-order valence-corrected chi connectivity index (χ4v) is 2.77. The number of hydrogen-bond donors (Lipinski definition) is 1. The van der Waals surface area contributed by atoms with E-state index in [4.69, 9.17) is 32.7 Å². The average molecular weight is 319 g/mol. The number of aliphatic hydroxyl groups is 1. The lowest BCUT2D eigenvalue weighted by Gasteiger charge is -2.37. The fraction of sp³-hybridized carbons (Fsp3) is 0.500. The molecule has 0 aromatic heterocycles. The van der Waals surface area contributed by atoms with Gasteiger partial charge in [-0.25, -0.2) is 0 Å². The summed E-state index contributed by atoms with van der Waals surface area (Å²) in [7, 11) is 0. The molecule has 1 aromatic rings. The van der Waals surface area contributed by atoms with Crippen molar-refractivity contribution in [3.05, 3.63) is 27.7 Å². The zero-order valence-corrected chi connectivity index (χ0v) is 12.8. The van der Waals surface area contributed by atoms with E-state index in [0.717, 1.165) is 0 Å². The summed E-state index contributed by atoms with van der Waals surface area (Å²) in [5.74, 6) is -0.00827. The molecule has 0 spiro atoms. The van der Waals surface area contributed by atoms with Crippen molar-refractivity contribution in [3.8, 4) is 5.75 Å². The van der Waals surface area contributed by atoms with Crippen LogP contribution in [0.15, 0.2) is 12.1 Å². The van der Waals surface area contributed by atoms with Crippen LogP contribution in [-0.2, 0) is 15.1 Å². The second-order valence-corrected chi connectivity index (χ2v) is 5.72. The summed E-state index contributed by atoms with van der Waals surface area (Å²) in [5.41, 5.74) is -0.883. The van der Waals surface area contributed by atoms with E-state index in [9.17, 15) is 9.90 Å². The molecule has 6 heteroatoms. The molecular weight excluding hydrogens is 303 g/mol. The van der Waals surface area contributed by atoms with E-state index in [-0.39, 0.29) is 25.6 Å².